The van der Waals surface area contributed by atoms with Crippen LogP contribution in [0.25, 0.3) is 0 Å². The third-order valence-electron chi connectivity index (χ3n) is 3.43. The Morgan fingerprint density at radius 2 is 2.18 bits per heavy atom. The number of benzene rings is 1. The molecule has 1 atom stereocenters. The zero-order valence-electron chi connectivity index (χ0n) is 10.3. The monoisotopic (exact) mass is 229 g/mol. The number of rotatable bonds is 4. The second-order valence-corrected chi connectivity index (χ2v) is 4.52. The largest absolute Gasteiger partial charge is 0.315 e. The summed E-state index contributed by atoms with van der Waals surface area (Å²) in [5.41, 5.74) is 2.03. The lowest BCUT2D eigenvalue weighted by Gasteiger charge is -2.26. The molecule has 0 aliphatic carbocycles. The zero-order chi connectivity index (χ0) is 12.1. The average molecular weight is 229 g/mol. The van der Waals surface area contributed by atoms with E-state index in [0.29, 0.717) is 6.04 Å². The predicted octanol–water partition coefficient (Wildman–Crippen LogP) is 1.74. The SMILES string of the molecule is CCN(Cc1ccc(C#N)cc1)C1CCNC1. The summed E-state index contributed by atoms with van der Waals surface area (Å²) in [4.78, 5) is 2.50. The van der Waals surface area contributed by atoms with E-state index in [-0.39, 0.29) is 0 Å². The standard InChI is InChI=1S/C14H19N3/c1-2-17(14-7-8-16-10-14)11-13-5-3-12(9-15)4-6-13/h3-6,14,16H,2,7-8,10-11H2,1H3. The van der Waals surface area contributed by atoms with E-state index in [2.05, 4.69) is 35.3 Å². The van der Waals surface area contributed by atoms with Crippen molar-refractivity contribution in [1.29, 1.82) is 5.26 Å². The first-order chi connectivity index (χ1) is 8.33. The zero-order valence-corrected chi connectivity index (χ0v) is 10.3. The molecule has 0 spiro atoms. The highest BCUT2D eigenvalue weighted by Gasteiger charge is 2.20. The van der Waals surface area contributed by atoms with E-state index >= 15 is 0 Å². The van der Waals surface area contributed by atoms with E-state index in [0.717, 1.165) is 31.7 Å². The van der Waals surface area contributed by atoms with E-state index in [1.165, 1.54) is 12.0 Å². The maximum Gasteiger partial charge on any atom is 0.0991 e. The van der Waals surface area contributed by atoms with Gasteiger partial charge in [-0.05, 0) is 37.2 Å². The quantitative estimate of drug-likeness (QED) is 0.855. The Bertz CT molecular complexity index is 385. The summed E-state index contributed by atoms with van der Waals surface area (Å²) in [5.74, 6) is 0. The van der Waals surface area contributed by atoms with E-state index in [9.17, 15) is 0 Å². The molecule has 1 fully saturated rings. The number of nitrogens with zero attached hydrogens (tertiary/aromatic N) is 2. The molecule has 0 aromatic heterocycles. The second-order valence-electron chi connectivity index (χ2n) is 4.52. The fraction of sp³-hybridized carbons (Fsp3) is 0.500. The van der Waals surface area contributed by atoms with Crippen LogP contribution in [0.1, 0.15) is 24.5 Å². The van der Waals surface area contributed by atoms with Gasteiger partial charge in [-0.3, -0.25) is 4.90 Å². The van der Waals surface area contributed by atoms with Gasteiger partial charge in [-0.2, -0.15) is 5.26 Å². The molecule has 0 bridgehead atoms. The normalized spacial score (nSPS) is 19.5. The molecular weight excluding hydrogens is 210 g/mol. The fourth-order valence-electron chi connectivity index (χ4n) is 2.37. The van der Waals surface area contributed by atoms with Crippen LogP contribution in [0.4, 0.5) is 0 Å². The molecule has 1 unspecified atom stereocenters. The molecule has 1 aliphatic heterocycles. The molecule has 90 valence electrons. The lowest BCUT2D eigenvalue weighted by atomic mass is 10.1. The molecule has 2 rings (SSSR count). The van der Waals surface area contributed by atoms with Crippen molar-refractivity contribution in [2.45, 2.75) is 25.9 Å². The molecular formula is C14H19N3. The van der Waals surface area contributed by atoms with Gasteiger partial charge >= 0.3 is 0 Å². The summed E-state index contributed by atoms with van der Waals surface area (Å²) in [6.07, 6.45) is 1.24. The summed E-state index contributed by atoms with van der Waals surface area (Å²) in [6, 6.07) is 10.7. The Morgan fingerprint density at radius 1 is 1.41 bits per heavy atom. The van der Waals surface area contributed by atoms with Gasteiger partial charge in [0, 0.05) is 19.1 Å². The van der Waals surface area contributed by atoms with Crippen LogP contribution in [0, 0.1) is 11.3 Å². The summed E-state index contributed by atoms with van der Waals surface area (Å²) in [7, 11) is 0. The first-order valence-electron chi connectivity index (χ1n) is 6.27. The highest BCUT2D eigenvalue weighted by Crippen LogP contribution is 2.13. The van der Waals surface area contributed by atoms with Gasteiger partial charge in [-0.25, -0.2) is 0 Å². The van der Waals surface area contributed by atoms with E-state index in [1.54, 1.807) is 0 Å². The Balaban J connectivity index is 1.99. The van der Waals surface area contributed by atoms with Crippen molar-refractivity contribution in [3.05, 3.63) is 35.4 Å². The average Bonchev–Trinajstić information content (AvgIpc) is 2.90. The Morgan fingerprint density at radius 3 is 2.71 bits per heavy atom. The molecule has 0 amide bonds. The smallest absolute Gasteiger partial charge is 0.0991 e. The molecule has 3 nitrogen and oxygen atoms in total. The van der Waals surface area contributed by atoms with Crippen molar-refractivity contribution in [3.8, 4) is 6.07 Å². The fourth-order valence-corrected chi connectivity index (χ4v) is 2.37. The number of hydrogen-bond donors (Lipinski definition) is 1. The Kier molecular flexibility index (Phi) is 4.13. The molecule has 1 aromatic rings. The highest BCUT2D eigenvalue weighted by molar-refractivity contribution is 5.31. The first-order valence-corrected chi connectivity index (χ1v) is 6.27. The second kappa shape index (κ2) is 5.81. The lowest BCUT2D eigenvalue weighted by molar-refractivity contribution is 0.210. The first kappa shape index (κ1) is 12.1. The van der Waals surface area contributed by atoms with Gasteiger partial charge < -0.3 is 5.32 Å². The number of hydrogen-bond acceptors (Lipinski definition) is 3. The molecule has 0 radical (unpaired) electrons. The minimum absolute atomic E-state index is 0.663. The van der Waals surface area contributed by atoms with Crippen LogP contribution in [-0.2, 0) is 6.54 Å². The van der Waals surface area contributed by atoms with Gasteiger partial charge in [0.15, 0.2) is 0 Å². The van der Waals surface area contributed by atoms with Gasteiger partial charge in [0.1, 0.15) is 0 Å². The molecule has 17 heavy (non-hydrogen) atoms. The van der Waals surface area contributed by atoms with Gasteiger partial charge in [0.2, 0.25) is 0 Å². The van der Waals surface area contributed by atoms with Crippen LogP contribution in [0.5, 0.6) is 0 Å². The van der Waals surface area contributed by atoms with Crippen LogP contribution >= 0.6 is 0 Å². The van der Waals surface area contributed by atoms with Crippen LogP contribution in [0.15, 0.2) is 24.3 Å². The number of nitriles is 1. The lowest BCUT2D eigenvalue weighted by Crippen LogP contribution is -2.36. The van der Waals surface area contributed by atoms with Gasteiger partial charge in [0.05, 0.1) is 11.6 Å². The van der Waals surface area contributed by atoms with Crippen molar-refractivity contribution in [2.75, 3.05) is 19.6 Å². The third-order valence-corrected chi connectivity index (χ3v) is 3.43. The van der Waals surface area contributed by atoms with Crippen LogP contribution in [-0.4, -0.2) is 30.6 Å². The maximum atomic E-state index is 8.76. The van der Waals surface area contributed by atoms with Crippen molar-refractivity contribution in [2.24, 2.45) is 0 Å². The minimum Gasteiger partial charge on any atom is -0.315 e. The van der Waals surface area contributed by atoms with Crippen molar-refractivity contribution < 1.29 is 0 Å². The summed E-state index contributed by atoms with van der Waals surface area (Å²) >= 11 is 0. The van der Waals surface area contributed by atoms with Crippen molar-refractivity contribution in [1.82, 2.24) is 10.2 Å². The molecule has 1 aliphatic rings. The predicted molar refractivity (Wildman–Crippen MR) is 68.5 cm³/mol. The maximum absolute atomic E-state index is 8.76. The van der Waals surface area contributed by atoms with Crippen molar-refractivity contribution in [3.63, 3.8) is 0 Å². The van der Waals surface area contributed by atoms with Crippen LogP contribution < -0.4 is 5.32 Å². The Labute approximate surface area is 103 Å². The topological polar surface area (TPSA) is 39.1 Å². The van der Waals surface area contributed by atoms with Crippen LogP contribution in [0.2, 0.25) is 0 Å². The number of nitrogens with one attached hydrogen (secondary N) is 1. The third kappa shape index (κ3) is 3.06. The highest BCUT2D eigenvalue weighted by atomic mass is 15.2. The molecule has 0 saturated carbocycles. The van der Waals surface area contributed by atoms with Gasteiger partial charge in [-0.15, -0.1) is 0 Å². The minimum atomic E-state index is 0.663. The Hall–Kier alpha value is -1.37. The van der Waals surface area contributed by atoms with E-state index < -0.39 is 0 Å². The van der Waals surface area contributed by atoms with Gasteiger partial charge in [-0.1, -0.05) is 19.1 Å². The molecule has 1 N–H and O–H groups in total. The molecule has 1 aromatic carbocycles. The number of likely N-dealkylation sites (N-methyl/N-ethyl adjacent to an activating group) is 1. The molecule has 1 saturated heterocycles. The van der Waals surface area contributed by atoms with E-state index in [4.69, 9.17) is 5.26 Å². The van der Waals surface area contributed by atoms with Gasteiger partial charge in [0.25, 0.3) is 0 Å². The van der Waals surface area contributed by atoms with Crippen molar-refractivity contribution >= 4 is 0 Å². The molecule has 1 heterocycles. The van der Waals surface area contributed by atoms with Crippen LogP contribution in [0.3, 0.4) is 0 Å². The van der Waals surface area contributed by atoms with E-state index in [1.807, 2.05) is 12.1 Å². The molecule has 3 heteroatoms. The summed E-state index contributed by atoms with van der Waals surface area (Å²) < 4.78 is 0. The summed E-state index contributed by atoms with van der Waals surface area (Å²) in [5, 5.41) is 12.2. The summed E-state index contributed by atoms with van der Waals surface area (Å²) in [6.45, 7) is 6.50.